The molecule has 6 nitrogen and oxygen atoms in total. The minimum Gasteiger partial charge on any atom is -0.454 e. The Morgan fingerprint density at radius 3 is 2.76 bits per heavy atom. The van der Waals surface area contributed by atoms with Crippen molar-refractivity contribution in [3.63, 3.8) is 0 Å². The highest BCUT2D eigenvalue weighted by Crippen LogP contribution is 2.34. The Kier molecular flexibility index (Phi) is 4.21. The summed E-state index contributed by atoms with van der Waals surface area (Å²) in [6.45, 7) is 2.15. The molecule has 0 atom stereocenters. The maximum atomic E-state index is 12.1. The number of ether oxygens (including phenoxy) is 2. The number of fused-ring (bicyclic) bond motifs is 1. The van der Waals surface area contributed by atoms with Crippen molar-refractivity contribution in [3.05, 3.63) is 18.2 Å². The second kappa shape index (κ2) is 6.11. The maximum absolute atomic E-state index is 12.1. The van der Waals surface area contributed by atoms with Crippen molar-refractivity contribution in [3.8, 4) is 11.5 Å². The van der Waals surface area contributed by atoms with Gasteiger partial charge in [-0.25, -0.2) is 8.42 Å². The number of nitrogens with one attached hydrogen (secondary N) is 2. The molecule has 0 radical (unpaired) electrons. The van der Waals surface area contributed by atoms with Gasteiger partial charge in [0.25, 0.3) is 0 Å². The average Bonchev–Trinajstić information content (AvgIpc) is 2.93. The van der Waals surface area contributed by atoms with Gasteiger partial charge in [-0.05, 0) is 50.4 Å². The molecule has 0 unspecified atom stereocenters. The summed E-state index contributed by atoms with van der Waals surface area (Å²) in [5.41, 5.74) is 0.518. The molecule has 116 valence electrons. The summed E-state index contributed by atoms with van der Waals surface area (Å²) in [7, 11) is -3.32. The van der Waals surface area contributed by atoms with Crippen LogP contribution in [0.5, 0.6) is 11.5 Å². The standard InChI is InChI=1S/C14H20N2O4S/c17-21(18,8-5-11-3-6-15-7-4-11)16-12-1-2-13-14(9-12)20-10-19-13/h1-2,9,11,15-16H,3-8,10H2. The second-order valence-electron chi connectivity index (χ2n) is 5.47. The third kappa shape index (κ3) is 3.79. The Labute approximate surface area is 124 Å². The monoisotopic (exact) mass is 312 g/mol. The van der Waals surface area contributed by atoms with E-state index in [4.69, 9.17) is 9.47 Å². The molecule has 1 fully saturated rings. The molecule has 2 heterocycles. The van der Waals surface area contributed by atoms with E-state index in [2.05, 4.69) is 10.0 Å². The third-order valence-corrected chi connectivity index (χ3v) is 5.22. The highest BCUT2D eigenvalue weighted by atomic mass is 32.2. The number of hydrogen-bond donors (Lipinski definition) is 2. The molecule has 2 aliphatic rings. The van der Waals surface area contributed by atoms with Gasteiger partial charge < -0.3 is 14.8 Å². The lowest BCUT2D eigenvalue weighted by molar-refractivity contribution is 0.174. The molecule has 21 heavy (non-hydrogen) atoms. The molecule has 3 rings (SSSR count). The van der Waals surface area contributed by atoms with E-state index in [0.717, 1.165) is 25.9 Å². The smallest absolute Gasteiger partial charge is 0.232 e. The Balaban J connectivity index is 1.57. The van der Waals surface area contributed by atoms with Gasteiger partial charge in [-0.15, -0.1) is 0 Å². The van der Waals surface area contributed by atoms with Crippen LogP contribution >= 0.6 is 0 Å². The molecule has 1 aromatic carbocycles. The largest absolute Gasteiger partial charge is 0.454 e. The molecule has 2 N–H and O–H groups in total. The van der Waals surface area contributed by atoms with Crippen LogP contribution in [0.25, 0.3) is 0 Å². The molecule has 1 saturated heterocycles. The third-order valence-electron chi connectivity index (χ3n) is 3.90. The fourth-order valence-corrected chi connectivity index (χ4v) is 3.91. The molecule has 2 aliphatic heterocycles. The van der Waals surface area contributed by atoms with Crippen LogP contribution in [0.2, 0.25) is 0 Å². The SMILES string of the molecule is O=S(=O)(CCC1CCNCC1)Nc1ccc2c(c1)OCO2. The zero-order valence-corrected chi connectivity index (χ0v) is 12.6. The van der Waals surface area contributed by atoms with Gasteiger partial charge >= 0.3 is 0 Å². The first-order valence-electron chi connectivity index (χ1n) is 7.23. The lowest BCUT2D eigenvalue weighted by Gasteiger charge is -2.22. The minimum atomic E-state index is -3.32. The Morgan fingerprint density at radius 1 is 1.19 bits per heavy atom. The summed E-state index contributed by atoms with van der Waals surface area (Å²) in [6.07, 6.45) is 2.82. The van der Waals surface area contributed by atoms with Gasteiger partial charge in [-0.1, -0.05) is 0 Å². The summed E-state index contributed by atoms with van der Waals surface area (Å²) in [4.78, 5) is 0. The van der Waals surface area contributed by atoms with E-state index in [0.29, 0.717) is 29.5 Å². The van der Waals surface area contributed by atoms with Crippen molar-refractivity contribution in [2.24, 2.45) is 5.92 Å². The Hall–Kier alpha value is -1.47. The van der Waals surface area contributed by atoms with Crippen molar-refractivity contribution >= 4 is 15.7 Å². The van der Waals surface area contributed by atoms with Crippen LogP contribution < -0.4 is 19.5 Å². The molecule has 1 aromatic rings. The molecule has 0 amide bonds. The second-order valence-corrected chi connectivity index (χ2v) is 7.31. The van der Waals surface area contributed by atoms with Crippen LogP contribution in [-0.4, -0.2) is 34.1 Å². The van der Waals surface area contributed by atoms with Gasteiger partial charge in [-0.2, -0.15) is 0 Å². The van der Waals surface area contributed by atoms with E-state index in [1.165, 1.54) is 0 Å². The van der Waals surface area contributed by atoms with Crippen LogP contribution in [0.3, 0.4) is 0 Å². The van der Waals surface area contributed by atoms with Crippen LogP contribution in [-0.2, 0) is 10.0 Å². The summed E-state index contributed by atoms with van der Waals surface area (Å²) < 4.78 is 37.3. The quantitative estimate of drug-likeness (QED) is 0.862. The normalized spacial score (nSPS) is 18.7. The van der Waals surface area contributed by atoms with E-state index in [-0.39, 0.29) is 12.5 Å². The lowest BCUT2D eigenvalue weighted by atomic mass is 9.96. The molecule has 0 spiro atoms. The lowest BCUT2D eigenvalue weighted by Crippen LogP contribution is -2.29. The summed E-state index contributed by atoms with van der Waals surface area (Å²) in [5, 5.41) is 3.28. The number of anilines is 1. The molecule has 0 aliphatic carbocycles. The number of piperidine rings is 1. The van der Waals surface area contributed by atoms with Crippen molar-refractivity contribution in [1.82, 2.24) is 5.32 Å². The highest BCUT2D eigenvalue weighted by Gasteiger charge is 2.19. The zero-order chi connectivity index (χ0) is 14.7. The van der Waals surface area contributed by atoms with Crippen LogP contribution in [0.4, 0.5) is 5.69 Å². The van der Waals surface area contributed by atoms with E-state index >= 15 is 0 Å². The van der Waals surface area contributed by atoms with Gasteiger partial charge in [0.05, 0.1) is 11.4 Å². The minimum absolute atomic E-state index is 0.159. The van der Waals surface area contributed by atoms with E-state index < -0.39 is 10.0 Å². The van der Waals surface area contributed by atoms with Gasteiger partial charge in [0, 0.05) is 6.07 Å². The van der Waals surface area contributed by atoms with Gasteiger partial charge in [0.1, 0.15) is 0 Å². The van der Waals surface area contributed by atoms with E-state index in [1.807, 2.05) is 0 Å². The van der Waals surface area contributed by atoms with E-state index in [9.17, 15) is 8.42 Å². The number of benzene rings is 1. The first-order chi connectivity index (χ1) is 10.1. The van der Waals surface area contributed by atoms with Crippen LogP contribution in [0, 0.1) is 5.92 Å². The Morgan fingerprint density at radius 2 is 1.95 bits per heavy atom. The highest BCUT2D eigenvalue weighted by molar-refractivity contribution is 7.92. The molecule has 0 bridgehead atoms. The summed E-state index contributed by atoms with van der Waals surface area (Å²) >= 11 is 0. The number of sulfonamides is 1. The predicted molar refractivity (Wildman–Crippen MR) is 80.2 cm³/mol. The van der Waals surface area contributed by atoms with Crippen molar-refractivity contribution in [2.45, 2.75) is 19.3 Å². The zero-order valence-electron chi connectivity index (χ0n) is 11.8. The van der Waals surface area contributed by atoms with Gasteiger partial charge in [-0.3, -0.25) is 4.72 Å². The first kappa shape index (κ1) is 14.5. The molecular formula is C14H20N2O4S. The van der Waals surface area contributed by atoms with Gasteiger partial charge in [0.15, 0.2) is 11.5 Å². The van der Waals surface area contributed by atoms with Crippen molar-refractivity contribution in [2.75, 3.05) is 30.4 Å². The summed E-state index contributed by atoms with van der Waals surface area (Å²) in [6, 6.07) is 5.06. The van der Waals surface area contributed by atoms with Crippen molar-refractivity contribution < 1.29 is 17.9 Å². The van der Waals surface area contributed by atoms with E-state index in [1.54, 1.807) is 18.2 Å². The fraction of sp³-hybridized carbons (Fsp3) is 0.571. The van der Waals surface area contributed by atoms with Gasteiger partial charge in [0.2, 0.25) is 16.8 Å². The molecule has 0 saturated carbocycles. The average molecular weight is 312 g/mol. The summed E-state index contributed by atoms with van der Waals surface area (Å²) in [5.74, 6) is 1.88. The number of hydrogen-bond acceptors (Lipinski definition) is 5. The molecular weight excluding hydrogens is 292 g/mol. The molecule has 7 heteroatoms. The topological polar surface area (TPSA) is 76.7 Å². The maximum Gasteiger partial charge on any atom is 0.232 e. The number of rotatable bonds is 5. The van der Waals surface area contributed by atoms with Crippen LogP contribution in [0.1, 0.15) is 19.3 Å². The Bertz CT molecular complexity index is 597. The molecule has 0 aromatic heterocycles. The predicted octanol–water partition coefficient (Wildman–Crippen LogP) is 1.55. The first-order valence-corrected chi connectivity index (χ1v) is 8.88. The fourth-order valence-electron chi connectivity index (χ4n) is 2.68. The van der Waals surface area contributed by atoms with Crippen LogP contribution in [0.15, 0.2) is 18.2 Å². The van der Waals surface area contributed by atoms with Crippen molar-refractivity contribution in [1.29, 1.82) is 0 Å².